The minimum absolute atomic E-state index is 0.403. The predicted molar refractivity (Wildman–Crippen MR) is 55.8 cm³/mol. The van der Waals surface area contributed by atoms with Crippen molar-refractivity contribution in [2.75, 3.05) is 19.8 Å². The van der Waals surface area contributed by atoms with Crippen LogP contribution in [-0.4, -0.2) is 51.1 Å². The van der Waals surface area contributed by atoms with Gasteiger partial charge >= 0.3 is 8.25 Å². The first-order chi connectivity index (χ1) is 6.81. The van der Waals surface area contributed by atoms with Crippen molar-refractivity contribution in [3.05, 3.63) is 0 Å². The Bertz CT molecular complexity index is 169. The Hall–Kier alpha value is 0.280. The van der Waals surface area contributed by atoms with Gasteiger partial charge < -0.3 is 25.9 Å². The predicted octanol–water partition coefficient (Wildman–Crippen LogP) is -1.37. The molecule has 94 valence electrons. The summed E-state index contributed by atoms with van der Waals surface area (Å²) in [5.74, 6) is 0. The van der Waals surface area contributed by atoms with E-state index in [0.717, 1.165) is 0 Å². The molecule has 9 heteroatoms. The van der Waals surface area contributed by atoms with Crippen molar-refractivity contribution in [1.82, 2.24) is 0 Å². The SMILES string of the molecule is CC(Cl)O[PH](=O)O.NC(CO)(CO)CO. The topological polar surface area (TPSA) is 133 Å². The molecular weight excluding hydrogens is 248 g/mol. The molecule has 0 aromatic carbocycles. The Morgan fingerprint density at radius 1 is 1.40 bits per heavy atom. The number of aliphatic hydroxyl groups excluding tert-OH is 3. The third-order valence-corrected chi connectivity index (χ3v) is 2.00. The summed E-state index contributed by atoms with van der Waals surface area (Å²) in [5, 5.41) is 25.0. The molecule has 0 aliphatic heterocycles. The zero-order valence-electron chi connectivity index (χ0n) is 8.26. The van der Waals surface area contributed by atoms with Gasteiger partial charge in [-0.1, -0.05) is 11.6 Å². The van der Waals surface area contributed by atoms with Crippen molar-refractivity contribution in [3.8, 4) is 0 Å². The largest absolute Gasteiger partial charge is 0.394 e. The molecule has 7 nitrogen and oxygen atoms in total. The maximum atomic E-state index is 9.69. The van der Waals surface area contributed by atoms with Crippen molar-refractivity contribution < 1.29 is 29.3 Å². The van der Waals surface area contributed by atoms with Gasteiger partial charge in [-0.3, -0.25) is 9.09 Å². The summed E-state index contributed by atoms with van der Waals surface area (Å²) >= 11 is 5.12. The lowest BCUT2D eigenvalue weighted by molar-refractivity contribution is 0.0697. The minimum atomic E-state index is -2.82. The molecule has 0 spiro atoms. The molecule has 0 saturated heterocycles. The van der Waals surface area contributed by atoms with Crippen molar-refractivity contribution in [2.45, 2.75) is 18.0 Å². The lowest BCUT2D eigenvalue weighted by Crippen LogP contribution is -2.50. The molecule has 0 aromatic heterocycles. The Morgan fingerprint density at radius 3 is 1.73 bits per heavy atom. The Morgan fingerprint density at radius 2 is 1.73 bits per heavy atom. The molecule has 0 aromatic rings. The van der Waals surface area contributed by atoms with Gasteiger partial charge in [-0.05, 0) is 6.92 Å². The van der Waals surface area contributed by atoms with E-state index >= 15 is 0 Å². The first-order valence-corrected chi connectivity index (χ1v) is 5.66. The van der Waals surface area contributed by atoms with Crippen LogP contribution in [0.15, 0.2) is 0 Å². The molecule has 6 N–H and O–H groups in total. The normalized spacial score (nSPS) is 15.1. The Labute approximate surface area is 93.4 Å². The van der Waals surface area contributed by atoms with E-state index in [1.165, 1.54) is 6.92 Å². The number of hydrogen-bond donors (Lipinski definition) is 5. The molecule has 0 amide bonds. The summed E-state index contributed by atoms with van der Waals surface area (Å²) in [5.41, 5.74) is 3.27. The highest BCUT2D eigenvalue weighted by Crippen LogP contribution is 2.18. The van der Waals surface area contributed by atoms with E-state index in [0.29, 0.717) is 0 Å². The van der Waals surface area contributed by atoms with Gasteiger partial charge in [0.15, 0.2) is 0 Å². The summed E-state index contributed by atoms with van der Waals surface area (Å²) in [6.45, 7) is 0.264. The third kappa shape index (κ3) is 12.2. The van der Waals surface area contributed by atoms with Crippen molar-refractivity contribution in [1.29, 1.82) is 0 Å². The van der Waals surface area contributed by atoms with Crippen LogP contribution in [0.2, 0.25) is 0 Å². The van der Waals surface area contributed by atoms with Crippen molar-refractivity contribution >= 4 is 19.9 Å². The van der Waals surface area contributed by atoms with Crippen LogP contribution < -0.4 is 5.73 Å². The standard InChI is InChI=1S/C4H11NO3.C2H6ClO3P/c5-4(1-6,2-7)3-8;1-2(3)6-7(4)5/h6-8H,1-3,5H2;2,7H,1H3,(H,4,5). The fourth-order valence-electron chi connectivity index (χ4n) is 0.289. The van der Waals surface area contributed by atoms with Crippen molar-refractivity contribution in [3.63, 3.8) is 0 Å². The molecule has 0 bridgehead atoms. The van der Waals surface area contributed by atoms with Crippen LogP contribution >= 0.6 is 19.9 Å². The van der Waals surface area contributed by atoms with Crippen LogP contribution in [0.5, 0.6) is 0 Å². The summed E-state index contributed by atoms with van der Waals surface area (Å²) in [6, 6.07) is 0. The summed E-state index contributed by atoms with van der Waals surface area (Å²) < 4.78 is 13.8. The zero-order chi connectivity index (χ0) is 12.5. The molecule has 0 rings (SSSR count). The second kappa shape index (κ2) is 9.50. The van der Waals surface area contributed by atoms with Gasteiger partial charge in [-0.25, -0.2) is 0 Å². The average molecular weight is 266 g/mol. The molecule has 0 heterocycles. The molecule has 15 heavy (non-hydrogen) atoms. The summed E-state index contributed by atoms with van der Waals surface area (Å²) in [4.78, 5) is 7.96. The van der Waals surface area contributed by atoms with Crippen LogP contribution in [0, 0.1) is 0 Å². The van der Waals surface area contributed by atoms with Gasteiger partial charge in [0.05, 0.1) is 25.4 Å². The molecule has 0 aliphatic carbocycles. The molecule has 0 fully saturated rings. The molecule has 2 unspecified atom stereocenters. The highest BCUT2D eigenvalue weighted by atomic mass is 35.5. The average Bonchev–Trinajstić information content (AvgIpc) is 2.15. The highest BCUT2D eigenvalue weighted by molar-refractivity contribution is 7.32. The molecule has 0 radical (unpaired) electrons. The fraction of sp³-hybridized carbons (Fsp3) is 1.00. The summed E-state index contributed by atoms with van der Waals surface area (Å²) in [6.07, 6.45) is 0. The van der Waals surface area contributed by atoms with E-state index in [-0.39, 0.29) is 0 Å². The lowest BCUT2D eigenvalue weighted by Gasteiger charge is -2.20. The van der Waals surface area contributed by atoms with Gasteiger partial charge in [0.1, 0.15) is 5.56 Å². The van der Waals surface area contributed by atoms with E-state index in [2.05, 4.69) is 4.52 Å². The third-order valence-electron chi connectivity index (χ3n) is 1.21. The molecule has 0 saturated carbocycles. The minimum Gasteiger partial charge on any atom is -0.394 e. The van der Waals surface area contributed by atoms with Crippen molar-refractivity contribution in [2.24, 2.45) is 5.73 Å². The molecule has 2 atom stereocenters. The van der Waals surface area contributed by atoms with Gasteiger partial charge in [0.2, 0.25) is 0 Å². The van der Waals surface area contributed by atoms with Crippen LogP contribution in [0.1, 0.15) is 6.92 Å². The van der Waals surface area contributed by atoms with E-state index in [1.54, 1.807) is 0 Å². The fourth-order valence-corrected chi connectivity index (χ4v) is 0.795. The van der Waals surface area contributed by atoms with Gasteiger partial charge in [-0.15, -0.1) is 0 Å². The van der Waals surface area contributed by atoms with E-state index in [4.69, 9.17) is 37.5 Å². The monoisotopic (exact) mass is 265 g/mol. The van der Waals surface area contributed by atoms with Crippen LogP contribution in [0.25, 0.3) is 0 Å². The number of alkyl halides is 1. The van der Waals surface area contributed by atoms with E-state index in [1.807, 2.05) is 0 Å². The zero-order valence-corrected chi connectivity index (χ0v) is 10.0. The van der Waals surface area contributed by atoms with Crippen LogP contribution in [-0.2, 0) is 9.09 Å². The molecule has 0 aliphatic rings. The number of hydrogen-bond acceptors (Lipinski definition) is 6. The lowest BCUT2D eigenvalue weighted by atomic mass is 10.1. The number of nitrogens with two attached hydrogens (primary N) is 1. The maximum absolute atomic E-state index is 9.69. The van der Waals surface area contributed by atoms with E-state index in [9.17, 15) is 4.57 Å². The number of rotatable bonds is 5. The number of aliphatic hydroxyl groups is 3. The quantitative estimate of drug-likeness (QED) is 0.306. The van der Waals surface area contributed by atoms with Crippen LogP contribution in [0.4, 0.5) is 0 Å². The summed E-state index contributed by atoms with van der Waals surface area (Å²) in [7, 11) is -2.82. The van der Waals surface area contributed by atoms with E-state index < -0.39 is 39.2 Å². The second-order valence-electron chi connectivity index (χ2n) is 2.76. The van der Waals surface area contributed by atoms with Gasteiger partial charge in [0, 0.05) is 0 Å². The second-order valence-corrected chi connectivity index (χ2v) is 4.15. The highest BCUT2D eigenvalue weighted by Gasteiger charge is 2.20. The molecular formula is C6H17ClNO6P. The number of halogens is 1. The van der Waals surface area contributed by atoms with Gasteiger partial charge in [-0.2, -0.15) is 0 Å². The van der Waals surface area contributed by atoms with Crippen LogP contribution in [0.3, 0.4) is 0 Å². The van der Waals surface area contributed by atoms with Gasteiger partial charge in [0.25, 0.3) is 0 Å². The first kappa shape index (κ1) is 17.7. The first-order valence-electron chi connectivity index (χ1n) is 3.96. The Kier molecular flexibility index (Phi) is 11.2. The smallest absolute Gasteiger partial charge is 0.318 e. The Balaban J connectivity index is 0. The maximum Gasteiger partial charge on any atom is 0.318 e.